The standard InChI is InChI=1S/C10H7F2NO/c1-2-6-3-4-8-7(5-6)13-10(14-8)9(11)12/h2-5,9H,1H2. The molecule has 0 bridgehead atoms. The van der Waals surface area contributed by atoms with Gasteiger partial charge in [0.15, 0.2) is 5.58 Å². The highest BCUT2D eigenvalue weighted by molar-refractivity contribution is 5.75. The summed E-state index contributed by atoms with van der Waals surface area (Å²) in [6.45, 7) is 3.57. The van der Waals surface area contributed by atoms with E-state index in [2.05, 4.69) is 11.6 Å². The minimum atomic E-state index is -2.67. The van der Waals surface area contributed by atoms with E-state index < -0.39 is 12.3 Å². The van der Waals surface area contributed by atoms with E-state index in [9.17, 15) is 8.78 Å². The van der Waals surface area contributed by atoms with Gasteiger partial charge in [-0.05, 0) is 17.7 Å². The summed E-state index contributed by atoms with van der Waals surface area (Å²) in [5.74, 6) is -0.541. The van der Waals surface area contributed by atoms with Gasteiger partial charge in [-0.2, -0.15) is 8.78 Å². The maximum absolute atomic E-state index is 12.2. The molecule has 0 atom stereocenters. The fourth-order valence-corrected chi connectivity index (χ4v) is 1.18. The number of fused-ring (bicyclic) bond motifs is 1. The topological polar surface area (TPSA) is 26.0 Å². The van der Waals surface area contributed by atoms with Gasteiger partial charge < -0.3 is 4.42 Å². The van der Waals surface area contributed by atoms with Crippen LogP contribution in [0.1, 0.15) is 17.9 Å². The number of hydrogen-bond donors (Lipinski definition) is 0. The number of hydrogen-bond acceptors (Lipinski definition) is 2. The van der Waals surface area contributed by atoms with Crippen molar-refractivity contribution in [2.45, 2.75) is 6.43 Å². The fourth-order valence-electron chi connectivity index (χ4n) is 1.18. The third-order valence-electron chi connectivity index (χ3n) is 1.85. The van der Waals surface area contributed by atoms with Gasteiger partial charge >= 0.3 is 6.43 Å². The van der Waals surface area contributed by atoms with Gasteiger partial charge in [0.25, 0.3) is 5.89 Å². The molecule has 0 aliphatic heterocycles. The lowest BCUT2D eigenvalue weighted by molar-refractivity contribution is 0.117. The Bertz CT molecular complexity index is 476. The van der Waals surface area contributed by atoms with Crippen molar-refractivity contribution in [1.29, 1.82) is 0 Å². The lowest BCUT2D eigenvalue weighted by atomic mass is 10.2. The lowest BCUT2D eigenvalue weighted by Crippen LogP contribution is -1.81. The summed E-state index contributed by atoms with van der Waals surface area (Å²) in [5, 5.41) is 0. The summed E-state index contributed by atoms with van der Waals surface area (Å²) in [7, 11) is 0. The number of halogens is 2. The summed E-state index contributed by atoms with van der Waals surface area (Å²) < 4.78 is 29.3. The van der Waals surface area contributed by atoms with Gasteiger partial charge in [0.2, 0.25) is 0 Å². The Labute approximate surface area is 78.9 Å². The zero-order valence-corrected chi connectivity index (χ0v) is 7.21. The molecule has 0 saturated heterocycles. The largest absolute Gasteiger partial charge is 0.435 e. The Hall–Kier alpha value is -1.71. The van der Waals surface area contributed by atoms with Crippen molar-refractivity contribution in [2.75, 3.05) is 0 Å². The average Bonchev–Trinajstić information content (AvgIpc) is 2.59. The van der Waals surface area contributed by atoms with Crippen molar-refractivity contribution in [3.05, 3.63) is 36.2 Å². The molecule has 0 amide bonds. The van der Waals surface area contributed by atoms with Crippen LogP contribution < -0.4 is 0 Å². The zero-order chi connectivity index (χ0) is 10.1. The molecule has 0 fully saturated rings. The van der Waals surface area contributed by atoms with Crippen LogP contribution in [0.3, 0.4) is 0 Å². The second kappa shape index (κ2) is 3.21. The van der Waals surface area contributed by atoms with E-state index in [0.29, 0.717) is 11.1 Å². The van der Waals surface area contributed by atoms with Crippen molar-refractivity contribution in [3.63, 3.8) is 0 Å². The molecule has 0 aliphatic carbocycles. The van der Waals surface area contributed by atoms with E-state index in [-0.39, 0.29) is 0 Å². The normalized spacial score (nSPS) is 11.1. The van der Waals surface area contributed by atoms with E-state index in [1.54, 1.807) is 24.3 Å². The van der Waals surface area contributed by atoms with E-state index >= 15 is 0 Å². The molecular weight excluding hydrogens is 188 g/mol. The molecule has 1 aromatic carbocycles. The Morgan fingerprint density at radius 3 is 2.86 bits per heavy atom. The molecule has 14 heavy (non-hydrogen) atoms. The predicted octanol–water partition coefficient (Wildman–Crippen LogP) is 3.41. The van der Waals surface area contributed by atoms with Crippen LogP contribution in [0.15, 0.2) is 29.2 Å². The Morgan fingerprint density at radius 1 is 1.43 bits per heavy atom. The lowest BCUT2D eigenvalue weighted by Gasteiger charge is -1.89. The number of oxazole rings is 1. The van der Waals surface area contributed by atoms with E-state index in [1.807, 2.05) is 0 Å². The molecule has 2 nitrogen and oxygen atoms in total. The molecule has 1 heterocycles. The molecule has 0 saturated carbocycles. The maximum atomic E-state index is 12.2. The number of nitrogens with zero attached hydrogens (tertiary/aromatic N) is 1. The number of benzene rings is 1. The summed E-state index contributed by atoms with van der Waals surface area (Å²) in [5.41, 5.74) is 1.62. The highest BCUT2D eigenvalue weighted by atomic mass is 19.3. The highest BCUT2D eigenvalue weighted by Gasteiger charge is 2.15. The first-order valence-corrected chi connectivity index (χ1v) is 4.02. The van der Waals surface area contributed by atoms with E-state index in [1.165, 1.54) is 0 Å². The third-order valence-corrected chi connectivity index (χ3v) is 1.85. The molecule has 1 aromatic heterocycles. The van der Waals surface area contributed by atoms with Crippen molar-refractivity contribution in [1.82, 2.24) is 4.98 Å². The Balaban J connectivity index is 2.59. The first kappa shape index (κ1) is 8.87. The monoisotopic (exact) mass is 195 g/mol. The molecule has 72 valence electrons. The molecule has 4 heteroatoms. The Kier molecular flexibility index (Phi) is 2.04. The van der Waals surface area contributed by atoms with Gasteiger partial charge in [-0.3, -0.25) is 0 Å². The van der Waals surface area contributed by atoms with Crippen LogP contribution in [0.5, 0.6) is 0 Å². The second-order valence-electron chi connectivity index (χ2n) is 2.78. The SMILES string of the molecule is C=Cc1ccc2oc(C(F)F)nc2c1. The molecule has 2 aromatic rings. The van der Waals surface area contributed by atoms with Gasteiger partial charge in [-0.1, -0.05) is 18.7 Å². The van der Waals surface area contributed by atoms with Crippen LogP contribution in [-0.2, 0) is 0 Å². The number of alkyl halides is 2. The molecular formula is C10H7F2NO. The highest BCUT2D eigenvalue weighted by Crippen LogP contribution is 2.24. The smallest absolute Gasteiger partial charge is 0.313 e. The molecule has 0 radical (unpaired) electrons. The first-order chi connectivity index (χ1) is 6.70. The predicted molar refractivity (Wildman–Crippen MR) is 49.1 cm³/mol. The van der Waals surface area contributed by atoms with Crippen LogP contribution in [0.4, 0.5) is 8.78 Å². The summed E-state index contributed by atoms with van der Waals surface area (Å²) in [6, 6.07) is 4.98. The molecule has 0 aliphatic rings. The average molecular weight is 195 g/mol. The van der Waals surface area contributed by atoms with E-state index in [0.717, 1.165) is 5.56 Å². The van der Waals surface area contributed by atoms with Crippen LogP contribution >= 0.6 is 0 Å². The zero-order valence-electron chi connectivity index (χ0n) is 7.21. The minimum absolute atomic E-state index is 0.367. The molecule has 2 rings (SSSR count). The minimum Gasteiger partial charge on any atom is -0.435 e. The van der Waals surface area contributed by atoms with Crippen molar-refractivity contribution in [3.8, 4) is 0 Å². The van der Waals surface area contributed by atoms with Crippen LogP contribution in [0.25, 0.3) is 17.2 Å². The van der Waals surface area contributed by atoms with Gasteiger partial charge in [0.05, 0.1) is 0 Å². The summed E-state index contributed by atoms with van der Waals surface area (Å²) in [4.78, 5) is 3.66. The van der Waals surface area contributed by atoms with Crippen LogP contribution in [0.2, 0.25) is 0 Å². The maximum Gasteiger partial charge on any atom is 0.313 e. The Morgan fingerprint density at radius 2 is 2.21 bits per heavy atom. The van der Waals surface area contributed by atoms with Gasteiger partial charge in [0, 0.05) is 0 Å². The summed E-state index contributed by atoms with van der Waals surface area (Å²) >= 11 is 0. The second-order valence-corrected chi connectivity index (χ2v) is 2.78. The summed E-state index contributed by atoms with van der Waals surface area (Å²) in [6.07, 6.45) is -1.05. The fraction of sp³-hybridized carbons (Fsp3) is 0.100. The quantitative estimate of drug-likeness (QED) is 0.733. The number of aromatic nitrogens is 1. The van der Waals surface area contributed by atoms with Gasteiger partial charge in [-0.15, -0.1) is 0 Å². The molecule has 0 spiro atoms. The van der Waals surface area contributed by atoms with Crippen molar-refractivity contribution < 1.29 is 13.2 Å². The first-order valence-electron chi connectivity index (χ1n) is 4.02. The molecule has 0 N–H and O–H groups in total. The number of rotatable bonds is 2. The third kappa shape index (κ3) is 1.39. The van der Waals surface area contributed by atoms with Gasteiger partial charge in [0.1, 0.15) is 5.52 Å². The van der Waals surface area contributed by atoms with Crippen LogP contribution in [0, 0.1) is 0 Å². The van der Waals surface area contributed by atoms with Crippen LogP contribution in [-0.4, -0.2) is 4.98 Å². The van der Waals surface area contributed by atoms with Gasteiger partial charge in [-0.25, -0.2) is 4.98 Å². The van der Waals surface area contributed by atoms with Crippen molar-refractivity contribution in [2.24, 2.45) is 0 Å². The van der Waals surface area contributed by atoms with Crippen molar-refractivity contribution >= 4 is 17.2 Å². The molecule has 0 unspecified atom stereocenters. The van der Waals surface area contributed by atoms with E-state index in [4.69, 9.17) is 4.42 Å².